The Bertz CT molecular complexity index is 1080. The molecule has 0 radical (unpaired) electrons. The van der Waals surface area contributed by atoms with Gasteiger partial charge in [0.05, 0.1) is 27.0 Å². The average Bonchev–Trinajstić information content (AvgIpc) is 3.24. The van der Waals surface area contributed by atoms with Crippen molar-refractivity contribution in [3.05, 3.63) is 65.3 Å². The molecule has 6 nitrogen and oxygen atoms in total. The number of aromatic nitrogens is 1. The molecule has 0 aliphatic rings. The molecule has 0 saturated carbocycles. The van der Waals surface area contributed by atoms with E-state index in [1.807, 2.05) is 18.2 Å². The molecule has 0 unspecified atom stereocenters. The van der Waals surface area contributed by atoms with Gasteiger partial charge in [-0.15, -0.1) is 11.3 Å². The van der Waals surface area contributed by atoms with Gasteiger partial charge in [-0.3, -0.25) is 10.1 Å². The van der Waals surface area contributed by atoms with Crippen LogP contribution in [0.15, 0.2) is 53.9 Å². The molecule has 1 amide bonds. The summed E-state index contributed by atoms with van der Waals surface area (Å²) in [6.45, 7) is 0. The van der Waals surface area contributed by atoms with Gasteiger partial charge in [0.25, 0.3) is 0 Å². The van der Waals surface area contributed by atoms with Gasteiger partial charge in [0.2, 0.25) is 5.91 Å². The number of thiazole rings is 1. The second kappa shape index (κ2) is 10.6. The Labute approximate surface area is 184 Å². The lowest BCUT2D eigenvalue weighted by Crippen LogP contribution is -2.07. The van der Waals surface area contributed by atoms with Gasteiger partial charge in [0, 0.05) is 10.9 Å². The molecule has 0 spiro atoms. The van der Waals surface area contributed by atoms with Crippen molar-refractivity contribution in [2.75, 3.05) is 26.6 Å². The van der Waals surface area contributed by atoms with Crippen LogP contribution in [0.2, 0.25) is 0 Å². The van der Waals surface area contributed by atoms with Crippen LogP contribution < -0.4 is 19.5 Å². The fraction of sp³-hybridized carbons (Fsp3) is 0.217. The van der Waals surface area contributed by atoms with Crippen LogP contribution in [0.3, 0.4) is 0 Å². The van der Waals surface area contributed by atoms with Crippen LogP contribution in [-0.4, -0.2) is 32.2 Å². The third kappa shape index (κ3) is 5.82. The van der Waals surface area contributed by atoms with Crippen molar-refractivity contribution < 1.29 is 23.4 Å². The quantitative estimate of drug-likeness (QED) is 0.467. The van der Waals surface area contributed by atoms with E-state index in [0.717, 1.165) is 12.0 Å². The van der Waals surface area contributed by atoms with Gasteiger partial charge in [-0.1, -0.05) is 12.1 Å². The van der Waals surface area contributed by atoms with Crippen molar-refractivity contribution in [2.45, 2.75) is 12.8 Å². The maximum Gasteiger partial charge on any atom is 0.249 e. The normalized spacial score (nSPS) is 10.8. The Balaban J connectivity index is 1.53. The van der Waals surface area contributed by atoms with E-state index in [4.69, 9.17) is 14.2 Å². The minimum absolute atomic E-state index is 0.172. The Morgan fingerprint density at radius 1 is 1.06 bits per heavy atom. The highest BCUT2D eigenvalue weighted by molar-refractivity contribution is 7.14. The fourth-order valence-electron chi connectivity index (χ4n) is 2.91. The van der Waals surface area contributed by atoms with Gasteiger partial charge in [-0.2, -0.15) is 0 Å². The molecule has 31 heavy (non-hydrogen) atoms. The van der Waals surface area contributed by atoms with E-state index in [1.165, 1.54) is 30.6 Å². The van der Waals surface area contributed by atoms with E-state index >= 15 is 0 Å². The van der Waals surface area contributed by atoms with E-state index in [-0.39, 0.29) is 11.7 Å². The SMILES string of the molecule is COc1ccc(-c2csc(NC(=O)C=CCCc3ccc(OC)c(OC)c3)n2)cc1F. The minimum Gasteiger partial charge on any atom is -0.494 e. The van der Waals surface area contributed by atoms with Crippen LogP contribution in [0.25, 0.3) is 11.3 Å². The molecule has 0 saturated heterocycles. The highest BCUT2D eigenvalue weighted by Crippen LogP contribution is 2.29. The number of amides is 1. The zero-order valence-corrected chi connectivity index (χ0v) is 18.3. The third-order valence-corrected chi connectivity index (χ3v) is 5.26. The zero-order chi connectivity index (χ0) is 22.2. The number of rotatable bonds is 9. The van der Waals surface area contributed by atoms with E-state index in [0.29, 0.717) is 34.3 Å². The molecule has 3 aromatic rings. The summed E-state index contributed by atoms with van der Waals surface area (Å²) < 4.78 is 29.3. The maximum atomic E-state index is 13.9. The smallest absolute Gasteiger partial charge is 0.249 e. The number of nitrogens with zero attached hydrogens (tertiary/aromatic N) is 1. The van der Waals surface area contributed by atoms with Crippen LogP contribution in [0.1, 0.15) is 12.0 Å². The number of nitrogens with one attached hydrogen (secondary N) is 1. The van der Waals surface area contributed by atoms with E-state index in [9.17, 15) is 9.18 Å². The molecular weight excluding hydrogens is 419 g/mol. The number of aryl methyl sites for hydroxylation is 1. The number of benzene rings is 2. The van der Waals surface area contributed by atoms with Crippen LogP contribution in [-0.2, 0) is 11.2 Å². The number of halogens is 1. The molecule has 0 aliphatic carbocycles. The first-order valence-electron chi connectivity index (χ1n) is 9.52. The summed E-state index contributed by atoms with van der Waals surface area (Å²) in [6.07, 6.45) is 4.74. The van der Waals surface area contributed by atoms with Gasteiger partial charge < -0.3 is 14.2 Å². The lowest BCUT2D eigenvalue weighted by molar-refractivity contribution is -0.111. The lowest BCUT2D eigenvalue weighted by Gasteiger charge is -2.08. The average molecular weight is 443 g/mol. The summed E-state index contributed by atoms with van der Waals surface area (Å²) in [5.74, 6) is 0.801. The largest absolute Gasteiger partial charge is 0.494 e. The second-order valence-corrected chi connectivity index (χ2v) is 7.36. The van der Waals surface area contributed by atoms with Crippen molar-refractivity contribution >= 4 is 22.4 Å². The number of carbonyl (C=O) groups is 1. The van der Waals surface area contributed by atoms with Crippen molar-refractivity contribution in [1.29, 1.82) is 0 Å². The standard InChI is InChI=1S/C23H23FN2O4S/c1-28-19-11-9-16(13-17(19)24)18-14-31-23(25-18)26-22(27)7-5-4-6-15-8-10-20(29-2)21(12-15)30-3/h5,7-14H,4,6H2,1-3H3,(H,25,26,27). The number of hydrogen-bond acceptors (Lipinski definition) is 6. The molecule has 1 aromatic heterocycles. The molecule has 3 rings (SSSR count). The van der Waals surface area contributed by atoms with E-state index in [2.05, 4.69) is 10.3 Å². The second-order valence-electron chi connectivity index (χ2n) is 6.51. The first kappa shape index (κ1) is 22.3. The Morgan fingerprint density at radius 3 is 2.52 bits per heavy atom. The maximum absolute atomic E-state index is 13.9. The van der Waals surface area contributed by atoms with E-state index < -0.39 is 5.82 Å². The first-order chi connectivity index (χ1) is 15.0. The van der Waals surface area contributed by atoms with Gasteiger partial charge in [-0.05, 0) is 54.8 Å². The number of ether oxygens (including phenoxy) is 3. The molecule has 0 bridgehead atoms. The summed E-state index contributed by atoms with van der Waals surface area (Å²) in [7, 11) is 4.61. The predicted octanol–water partition coefficient (Wildman–Crippen LogP) is 5.10. The molecule has 1 heterocycles. The monoisotopic (exact) mass is 442 g/mol. The number of carbonyl (C=O) groups excluding carboxylic acids is 1. The number of hydrogen-bond donors (Lipinski definition) is 1. The summed E-state index contributed by atoms with van der Waals surface area (Å²) in [6, 6.07) is 10.4. The Kier molecular flexibility index (Phi) is 7.61. The number of allylic oxidation sites excluding steroid dienone is 1. The van der Waals surface area contributed by atoms with Crippen LogP contribution in [0, 0.1) is 5.82 Å². The third-order valence-electron chi connectivity index (χ3n) is 4.50. The summed E-state index contributed by atoms with van der Waals surface area (Å²) in [5, 5.41) is 4.93. The highest BCUT2D eigenvalue weighted by Gasteiger charge is 2.10. The van der Waals surface area contributed by atoms with Gasteiger partial charge in [0.15, 0.2) is 28.2 Å². The highest BCUT2D eigenvalue weighted by atomic mass is 32.1. The summed E-state index contributed by atoms with van der Waals surface area (Å²) >= 11 is 1.28. The van der Waals surface area contributed by atoms with E-state index in [1.54, 1.807) is 37.8 Å². The Hall–Kier alpha value is -3.39. The Morgan fingerprint density at radius 2 is 1.81 bits per heavy atom. The molecular formula is C23H23FN2O4S. The molecule has 2 aromatic carbocycles. The van der Waals surface area contributed by atoms with Crippen molar-refractivity contribution in [3.8, 4) is 28.5 Å². The van der Waals surface area contributed by atoms with Crippen LogP contribution in [0.4, 0.5) is 9.52 Å². The molecule has 0 fully saturated rings. The van der Waals surface area contributed by atoms with Gasteiger partial charge in [0.1, 0.15) is 0 Å². The van der Waals surface area contributed by atoms with Crippen molar-refractivity contribution in [3.63, 3.8) is 0 Å². The predicted molar refractivity (Wildman–Crippen MR) is 120 cm³/mol. The number of anilines is 1. The molecule has 0 atom stereocenters. The molecule has 1 N–H and O–H groups in total. The van der Waals surface area contributed by atoms with Gasteiger partial charge in [-0.25, -0.2) is 9.37 Å². The van der Waals surface area contributed by atoms with Crippen molar-refractivity contribution in [1.82, 2.24) is 4.98 Å². The summed E-state index contributed by atoms with van der Waals surface area (Å²) in [5.41, 5.74) is 2.28. The minimum atomic E-state index is -0.462. The van der Waals surface area contributed by atoms with Crippen LogP contribution in [0.5, 0.6) is 17.2 Å². The number of methoxy groups -OCH3 is 3. The molecule has 0 aliphatic heterocycles. The van der Waals surface area contributed by atoms with Crippen LogP contribution >= 0.6 is 11.3 Å². The fourth-order valence-corrected chi connectivity index (χ4v) is 3.64. The molecule has 162 valence electrons. The zero-order valence-electron chi connectivity index (χ0n) is 17.5. The van der Waals surface area contributed by atoms with Crippen molar-refractivity contribution in [2.24, 2.45) is 0 Å². The topological polar surface area (TPSA) is 69.7 Å². The molecule has 8 heteroatoms. The lowest BCUT2D eigenvalue weighted by atomic mass is 10.1. The first-order valence-corrected chi connectivity index (χ1v) is 10.4. The van der Waals surface area contributed by atoms with Gasteiger partial charge >= 0.3 is 0 Å². The summed E-state index contributed by atoms with van der Waals surface area (Å²) in [4.78, 5) is 16.5.